The van der Waals surface area contributed by atoms with Crippen molar-refractivity contribution in [3.63, 3.8) is 0 Å². The van der Waals surface area contributed by atoms with Crippen LogP contribution in [0.25, 0.3) is 12.2 Å². The Balaban J connectivity index is 1.67. The number of phenolic OH excluding ortho intramolecular Hbond substituents is 7. The number of hydrogen-bond donors (Lipinski definition) is 7. The smallest absolute Gasteiger partial charge is 0.343 e. The van der Waals surface area contributed by atoms with Gasteiger partial charge in [0.2, 0.25) is 0 Å². The van der Waals surface area contributed by atoms with Crippen molar-refractivity contribution < 1.29 is 54.8 Å². The molecular weight excluding hydrogens is 512 g/mol. The summed E-state index contributed by atoms with van der Waals surface area (Å²) in [6.07, 6.45) is 3.26. The van der Waals surface area contributed by atoms with E-state index in [9.17, 15) is 45.3 Å². The van der Waals surface area contributed by atoms with Gasteiger partial charge in [0.1, 0.15) is 17.2 Å². The van der Waals surface area contributed by atoms with Gasteiger partial charge in [0.15, 0.2) is 34.5 Å². The van der Waals surface area contributed by atoms with E-state index in [0.717, 1.165) is 24.3 Å². The van der Waals surface area contributed by atoms with Gasteiger partial charge < -0.3 is 45.2 Å². The molecule has 11 heteroatoms. The van der Waals surface area contributed by atoms with Crippen LogP contribution >= 0.6 is 0 Å². The van der Waals surface area contributed by atoms with Crippen LogP contribution in [-0.4, -0.2) is 47.7 Å². The third-order valence-electron chi connectivity index (χ3n) is 5.30. The van der Waals surface area contributed by atoms with Crippen LogP contribution in [0.4, 0.5) is 0 Å². The Morgan fingerprint density at radius 1 is 0.513 bits per heavy atom. The third-order valence-corrected chi connectivity index (χ3v) is 5.30. The molecule has 0 unspecified atom stereocenters. The van der Waals surface area contributed by atoms with E-state index in [1.54, 1.807) is 24.3 Å². The molecule has 0 bridgehead atoms. The summed E-state index contributed by atoms with van der Waals surface area (Å²) in [6.45, 7) is 0. The second-order valence-electron chi connectivity index (χ2n) is 8.17. The summed E-state index contributed by atoms with van der Waals surface area (Å²) in [5.41, 5.74) is 0.519. The SMILES string of the molecule is O=C(Oc1cc(C=Cc2ccc(O)cc2)cc(OC(=O)c2cc(O)c(O)c(O)c2)c1)c1cc(O)c(O)c(O)c1. The van der Waals surface area contributed by atoms with Crippen molar-refractivity contribution in [2.45, 2.75) is 0 Å². The van der Waals surface area contributed by atoms with Gasteiger partial charge in [-0.2, -0.15) is 0 Å². The predicted molar refractivity (Wildman–Crippen MR) is 136 cm³/mol. The highest BCUT2D eigenvalue weighted by Gasteiger charge is 2.18. The fourth-order valence-corrected chi connectivity index (χ4v) is 3.36. The minimum absolute atomic E-state index is 0.0767. The first kappa shape index (κ1) is 26.2. The largest absolute Gasteiger partial charge is 0.508 e. The van der Waals surface area contributed by atoms with E-state index in [2.05, 4.69) is 0 Å². The molecule has 0 aliphatic carbocycles. The number of rotatable bonds is 6. The van der Waals surface area contributed by atoms with E-state index >= 15 is 0 Å². The van der Waals surface area contributed by atoms with Crippen molar-refractivity contribution in [2.75, 3.05) is 0 Å². The number of phenols is 7. The Kier molecular flexibility index (Phi) is 7.16. The zero-order valence-electron chi connectivity index (χ0n) is 19.8. The number of benzene rings is 4. The lowest BCUT2D eigenvalue weighted by Crippen LogP contribution is -2.10. The lowest BCUT2D eigenvalue weighted by molar-refractivity contribution is 0.0731. The topological polar surface area (TPSA) is 194 Å². The van der Waals surface area contributed by atoms with E-state index in [4.69, 9.17) is 9.47 Å². The van der Waals surface area contributed by atoms with Crippen molar-refractivity contribution in [1.82, 2.24) is 0 Å². The van der Waals surface area contributed by atoms with Crippen LogP contribution in [-0.2, 0) is 0 Å². The van der Waals surface area contributed by atoms with E-state index in [-0.39, 0.29) is 28.4 Å². The number of carbonyl (C=O) groups is 2. The van der Waals surface area contributed by atoms with Crippen LogP contribution in [0, 0.1) is 0 Å². The first-order chi connectivity index (χ1) is 18.5. The highest BCUT2D eigenvalue weighted by atomic mass is 16.5. The Bertz CT molecular complexity index is 1470. The van der Waals surface area contributed by atoms with E-state index in [1.165, 1.54) is 30.3 Å². The fraction of sp³-hybridized carbons (Fsp3) is 0. The van der Waals surface area contributed by atoms with Crippen LogP contribution in [0.3, 0.4) is 0 Å². The van der Waals surface area contributed by atoms with Crippen LogP contribution in [0.1, 0.15) is 31.8 Å². The molecule has 0 saturated carbocycles. The summed E-state index contributed by atoms with van der Waals surface area (Å²) in [7, 11) is 0. The lowest BCUT2D eigenvalue weighted by atomic mass is 10.1. The summed E-state index contributed by atoms with van der Waals surface area (Å²) in [4.78, 5) is 25.3. The zero-order chi connectivity index (χ0) is 28.3. The van der Waals surface area contributed by atoms with Gasteiger partial charge in [-0.1, -0.05) is 24.3 Å². The molecule has 0 aliphatic rings. The highest BCUT2D eigenvalue weighted by Crippen LogP contribution is 2.37. The van der Waals surface area contributed by atoms with Crippen molar-refractivity contribution in [2.24, 2.45) is 0 Å². The molecule has 4 rings (SSSR count). The van der Waals surface area contributed by atoms with Crippen molar-refractivity contribution in [3.05, 3.63) is 89.0 Å². The number of carbonyl (C=O) groups excluding carboxylic acids is 2. The standard InChI is InChI=1S/C28H20O11/c29-18-5-3-14(4-6-18)1-2-15-7-19(38-27(36)16-9-21(30)25(34)22(31)10-16)13-20(8-15)39-28(37)17-11-23(32)26(35)24(33)12-17/h1-13,29-35H. The molecule has 0 amide bonds. The third kappa shape index (κ3) is 6.12. The van der Waals surface area contributed by atoms with Gasteiger partial charge in [0, 0.05) is 6.07 Å². The normalized spacial score (nSPS) is 10.9. The van der Waals surface area contributed by atoms with Crippen LogP contribution in [0.2, 0.25) is 0 Å². The quantitative estimate of drug-likeness (QED) is 0.0812. The summed E-state index contributed by atoms with van der Waals surface area (Å²) in [5, 5.41) is 67.2. The molecule has 0 atom stereocenters. The summed E-state index contributed by atoms with van der Waals surface area (Å²) >= 11 is 0. The fourth-order valence-electron chi connectivity index (χ4n) is 3.36. The van der Waals surface area contributed by atoms with E-state index < -0.39 is 46.4 Å². The highest BCUT2D eigenvalue weighted by molar-refractivity contribution is 5.94. The number of hydrogen-bond acceptors (Lipinski definition) is 11. The molecule has 0 fully saturated rings. The van der Waals surface area contributed by atoms with Gasteiger partial charge in [-0.3, -0.25) is 0 Å². The molecule has 7 N–H and O–H groups in total. The molecule has 0 radical (unpaired) electrons. The maximum atomic E-state index is 12.7. The monoisotopic (exact) mass is 532 g/mol. The number of aromatic hydroxyl groups is 7. The first-order valence-corrected chi connectivity index (χ1v) is 11.1. The first-order valence-electron chi connectivity index (χ1n) is 11.1. The molecule has 0 saturated heterocycles. The molecule has 4 aromatic rings. The van der Waals surface area contributed by atoms with Crippen LogP contribution in [0.15, 0.2) is 66.7 Å². The molecule has 0 heterocycles. The summed E-state index contributed by atoms with van der Waals surface area (Å²) in [5.74, 6) is -6.81. The Hall–Kier alpha value is -5.84. The van der Waals surface area contributed by atoms with E-state index in [0.29, 0.717) is 11.1 Å². The molecular formula is C28H20O11. The van der Waals surface area contributed by atoms with Gasteiger partial charge in [-0.05, 0) is 59.7 Å². The van der Waals surface area contributed by atoms with Crippen LogP contribution in [0.5, 0.6) is 51.7 Å². The zero-order valence-corrected chi connectivity index (χ0v) is 19.8. The van der Waals surface area contributed by atoms with Gasteiger partial charge >= 0.3 is 11.9 Å². The maximum absolute atomic E-state index is 12.7. The van der Waals surface area contributed by atoms with E-state index in [1.807, 2.05) is 0 Å². The van der Waals surface area contributed by atoms with Crippen molar-refractivity contribution >= 4 is 24.1 Å². The predicted octanol–water partition coefficient (Wildman–Crippen LogP) is 4.23. The molecule has 4 aromatic carbocycles. The summed E-state index contributed by atoms with van der Waals surface area (Å²) in [6, 6.07) is 13.8. The van der Waals surface area contributed by atoms with Gasteiger partial charge in [-0.25, -0.2) is 9.59 Å². The van der Waals surface area contributed by atoms with Gasteiger partial charge in [0.25, 0.3) is 0 Å². The maximum Gasteiger partial charge on any atom is 0.343 e. The molecule has 198 valence electrons. The van der Waals surface area contributed by atoms with Crippen LogP contribution < -0.4 is 9.47 Å². The van der Waals surface area contributed by atoms with Gasteiger partial charge in [-0.15, -0.1) is 0 Å². The Morgan fingerprint density at radius 2 is 0.897 bits per heavy atom. The molecule has 0 aromatic heterocycles. The van der Waals surface area contributed by atoms with Crippen molar-refractivity contribution in [1.29, 1.82) is 0 Å². The summed E-state index contributed by atoms with van der Waals surface area (Å²) < 4.78 is 10.7. The van der Waals surface area contributed by atoms with Gasteiger partial charge in [0.05, 0.1) is 11.1 Å². The molecule has 11 nitrogen and oxygen atoms in total. The second-order valence-corrected chi connectivity index (χ2v) is 8.17. The molecule has 0 aliphatic heterocycles. The average molecular weight is 532 g/mol. The molecule has 0 spiro atoms. The second kappa shape index (κ2) is 10.6. The Morgan fingerprint density at radius 3 is 1.31 bits per heavy atom. The lowest BCUT2D eigenvalue weighted by Gasteiger charge is -2.11. The number of ether oxygens (including phenoxy) is 2. The average Bonchev–Trinajstić information content (AvgIpc) is 2.89. The minimum atomic E-state index is -1.02. The Labute approximate surface area is 219 Å². The number of esters is 2. The van der Waals surface area contributed by atoms with Crippen molar-refractivity contribution in [3.8, 4) is 51.7 Å². The molecule has 39 heavy (non-hydrogen) atoms. The minimum Gasteiger partial charge on any atom is -0.508 e.